The molecule has 31 heavy (non-hydrogen) atoms. The second-order valence-corrected chi connectivity index (χ2v) is 8.15. The number of rotatable bonds is 4. The maximum Gasteiger partial charge on any atom is 0.417 e. The summed E-state index contributed by atoms with van der Waals surface area (Å²) in [6.07, 6.45) is -0.699. The lowest BCUT2D eigenvalue weighted by Crippen LogP contribution is -2.55. The highest BCUT2D eigenvalue weighted by atomic mass is 19.4. The lowest BCUT2D eigenvalue weighted by molar-refractivity contribution is -0.137. The summed E-state index contributed by atoms with van der Waals surface area (Å²) in [4.78, 5) is 31.2. The number of alkyl halides is 3. The number of hydrogen-bond donors (Lipinski definition) is 0. The van der Waals surface area contributed by atoms with E-state index < -0.39 is 11.7 Å². The Bertz CT molecular complexity index is 917. The molecule has 8 heteroatoms. The average Bonchev–Trinajstić information content (AvgIpc) is 2.76. The van der Waals surface area contributed by atoms with E-state index in [9.17, 15) is 22.8 Å². The van der Waals surface area contributed by atoms with Crippen LogP contribution < -0.4 is 0 Å². The molecule has 2 aliphatic rings. The molecule has 0 saturated carbocycles. The molecule has 164 valence electrons. The molecule has 3 heterocycles. The fourth-order valence-corrected chi connectivity index (χ4v) is 4.60. The number of amides is 1. The summed E-state index contributed by atoms with van der Waals surface area (Å²) in [7, 11) is 0. The van der Waals surface area contributed by atoms with Gasteiger partial charge in [0.05, 0.1) is 5.56 Å². The molecule has 2 unspecified atom stereocenters. The van der Waals surface area contributed by atoms with E-state index in [1.54, 1.807) is 4.90 Å². The molecule has 2 saturated heterocycles. The maximum atomic E-state index is 12.9. The summed E-state index contributed by atoms with van der Waals surface area (Å²) in [5.41, 5.74) is 0.0625. The SMILES string of the molecule is O=C(c1ccc(C(F)(F)F)cn1)C1CC2CCCC(C1)N2C(=O)OCc1ccccc1. The van der Waals surface area contributed by atoms with E-state index in [1.165, 1.54) is 0 Å². The van der Waals surface area contributed by atoms with Crippen LogP contribution in [0.3, 0.4) is 0 Å². The van der Waals surface area contributed by atoms with Gasteiger partial charge in [0.25, 0.3) is 0 Å². The number of hydrogen-bond acceptors (Lipinski definition) is 4. The van der Waals surface area contributed by atoms with Crippen LogP contribution in [0.1, 0.15) is 53.7 Å². The van der Waals surface area contributed by atoms with E-state index in [0.29, 0.717) is 19.0 Å². The van der Waals surface area contributed by atoms with Gasteiger partial charge < -0.3 is 9.64 Å². The van der Waals surface area contributed by atoms with Crippen molar-refractivity contribution in [3.8, 4) is 0 Å². The molecule has 0 spiro atoms. The number of nitrogens with zero attached hydrogens (tertiary/aromatic N) is 2. The second-order valence-electron chi connectivity index (χ2n) is 8.15. The summed E-state index contributed by atoms with van der Waals surface area (Å²) in [5, 5.41) is 0. The number of aromatic nitrogens is 1. The Hall–Kier alpha value is -2.90. The molecule has 2 atom stereocenters. The smallest absolute Gasteiger partial charge is 0.417 e. The van der Waals surface area contributed by atoms with E-state index in [-0.39, 0.29) is 42.2 Å². The Kier molecular flexibility index (Phi) is 5.98. The highest BCUT2D eigenvalue weighted by molar-refractivity contribution is 5.96. The van der Waals surface area contributed by atoms with Crippen molar-refractivity contribution in [2.75, 3.05) is 0 Å². The number of piperidine rings is 2. The highest BCUT2D eigenvalue weighted by Crippen LogP contribution is 2.39. The van der Waals surface area contributed by atoms with E-state index in [1.807, 2.05) is 30.3 Å². The Labute approximate surface area is 178 Å². The maximum absolute atomic E-state index is 12.9. The van der Waals surface area contributed by atoms with Gasteiger partial charge in [-0.05, 0) is 49.8 Å². The van der Waals surface area contributed by atoms with Crippen LogP contribution in [-0.2, 0) is 17.5 Å². The summed E-state index contributed by atoms with van der Waals surface area (Å²) in [6.45, 7) is 0.188. The highest BCUT2D eigenvalue weighted by Gasteiger charge is 2.44. The monoisotopic (exact) mass is 432 g/mol. The number of pyridine rings is 1. The molecule has 5 nitrogen and oxygen atoms in total. The van der Waals surface area contributed by atoms with Crippen LogP contribution in [0.5, 0.6) is 0 Å². The van der Waals surface area contributed by atoms with Gasteiger partial charge in [-0.2, -0.15) is 13.2 Å². The van der Waals surface area contributed by atoms with Gasteiger partial charge in [-0.1, -0.05) is 30.3 Å². The average molecular weight is 432 g/mol. The predicted octanol–water partition coefficient (Wildman–Crippen LogP) is 5.25. The topological polar surface area (TPSA) is 59.5 Å². The van der Waals surface area contributed by atoms with Crippen molar-refractivity contribution in [3.63, 3.8) is 0 Å². The van der Waals surface area contributed by atoms with Gasteiger partial charge in [0.1, 0.15) is 12.3 Å². The number of ketones is 1. The fraction of sp³-hybridized carbons (Fsp3) is 0.435. The van der Waals surface area contributed by atoms with Gasteiger partial charge in [0.2, 0.25) is 0 Å². The minimum Gasteiger partial charge on any atom is -0.445 e. The Morgan fingerprint density at radius 3 is 2.29 bits per heavy atom. The van der Waals surface area contributed by atoms with Crippen molar-refractivity contribution < 1.29 is 27.5 Å². The lowest BCUT2D eigenvalue weighted by atomic mass is 9.76. The lowest BCUT2D eigenvalue weighted by Gasteiger charge is -2.47. The Balaban J connectivity index is 1.41. The third-order valence-electron chi connectivity index (χ3n) is 6.10. The molecule has 1 aromatic heterocycles. The molecule has 2 bridgehead atoms. The molecular weight excluding hydrogens is 409 g/mol. The molecule has 0 radical (unpaired) electrons. The predicted molar refractivity (Wildman–Crippen MR) is 106 cm³/mol. The van der Waals surface area contributed by atoms with E-state index >= 15 is 0 Å². The quantitative estimate of drug-likeness (QED) is 0.619. The van der Waals surface area contributed by atoms with Crippen LogP contribution in [0, 0.1) is 5.92 Å². The number of Topliss-reactive ketones (excluding diaryl/α,β-unsaturated/α-hetero) is 1. The molecule has 4 rings (SSSR count). The summed E-state index contributed by atoms with van der Waals surface area (Å²) < 4.78 is 43.8. The first kappa shape index (κ1) is 21.3. The summed E-state index contributed by atoms with van der Waals surface area (Å²) >= 11 is 0. The third kappa shape index (κ3) is 4.73. The number of ether oxygens (including phenoxy) is 1. The number of benzene rings is 1. The first-order chi connectivity index (χ1) is 14.8. The van der Waals surface area contributed by atoms with Gasteiger partial charge in [0, 0.05) is 24.2 Å². The fourth-order valence-electron chi connectivity index (χ4n) is 4.60. The summed E-state index contributed by atoms with van der Waals surface area (Å²) in [5.74, 6) is -0.624. The zero-order valence-electron chi connectivity index (χ0n) is 16.8. The van der Waals surface area contributed by atoms with Crippen molar-refractivity contribution in [2.45, 2.75) is 57.0 Å². The van der Waals surface area contributed by atoms with Crippen LogP contribution in [0.25, 0.3) is 0 Å². The largest absolute Gasteiger partial charge is 0.445 e. The minimum atomic E-state index is -4.49. The molecule has 2 aromatic rings. The molecule has 1 amide bonds. The van der Waals surface area contributed by atoms with Crippen molar-refractivity contribution in [3.05, 3.63) is 65.5 Å². The van der Waals surface area contributed by atoms with Crippen molar-refractivity contribution in [2.24, 2.45) is 5.92 Å². The van der Waals surface area contributed by atoms with Crippen LogP contribution in [0.15, 0.2) is 48.7 Å². The van der Waals surface area contributed by atoms with Crippen molar-refractivity contribution >= 4 is 11.9 Å². The van der Waals surface area contributed by atoms with E-state index in [0.717, 1.165) is 37.0 Å². The zero-order valence-corrected chi connectivity index (χ0v) is 16.8. The first-order valence-corrected chi connectivity index (χ1v) is 10.4. The molecule has 2 fully saturated rings. The number of fused-ring (bicyclic) bond motifs is 2. The van der Waals surface area contributed by atoms with Gasteiger partial charge in [0.15, 0.2) is 5.78 Å². The van der Waals surface area contributed by atoms with Gasteiger partial charge >= 0.3 is 12.3 Å². The minimum absolute atomic E-state index is 0.0381. The number of halogens is 3. The molecule has 0 aliphatic carbocycles. The van der Waals surface area contributed by atoms with E-state index in [4.69, 9.17) is 4.74 Å². The van der Waals surface area contributed by atoms with Crippen molar-refractivity contribution in [1.82, 2.24) is 9.88 Å². The third-order valence-corrected chi connectivity index (χ3v) is 6.10. The molecular formula is C23H23F3N2O3. The zero-order chi connectivity index (χ0) is 22.0. The normalized spacial score (nSPS) is 23.3. The molecule has 1 aromatic carbocycles. The first-order valence-electron chi connectivity index (χ1n) is 10.4. The van der Waals surface area contributed by atoms with Gasteiger partial charge in [-0.3, -0.25) is 9.78 Å². The van der Waals surface area contributed by atoms with Gasteiger partial charge in [-0.25, -0.2) is 4.79 Å². The van der Waals surface area contributed by atoms with Crippen LogP contribution in [0.2, 0.25) is 0 Å². The van der Waals surface area contributed by atoms with Crippen molar-refractivity contribution in [1.29, 1.82) is 0 Å². The molecule has 0 N–H and O–H groups in total. The molecule has 2 aliphatic heterocycles. The van der Waals surface area contributed by atoms with Crippen LogP contribution in [-0.4, -0.2) is 33.8 Å². The number of carbonyl (C=O) groups is 2. The Morgan fingerprint density at radius 2 is 1.71 bits per heavy atom. The second kappa shape index (κ2) is 8.69. The standard InChI is InChI=1S/C23H23F3N2O3/c24-23(25,26)17-9-10-20(27-13-17)21(29)16-11-18-7-4-8-19(12-16)28(18)22(30)31-14-15-5-2-1-3-6-15/h1-3,5-6,9-10,13,16,18-19H,4,7-8,11-12,14H2. The van der Waals surface area contributed by atoms with Crippen LogP contribution >= 0.6 is 0 Å². The number of carbonyl (C=O) groups excluding carboxylic acids is 2. The van der Waals surface area contributed by atoms with E-state index in [2.05, 4.69) is 4.98 Å². The summed E-state index contributed by atoms with van der Waals surface area (Å²) in [6, 6.07) is 11.2. The van der Waals surface area contributed by atoms with Gasteiger partial charge in [-0.15, -0.1) is 0 Å². The van der Waals surface area contributed by atoms with Crippen LogP contribution in [0.4, 0.5) is 18.0 Å². The Morgan fingerprint density at radius 1 is 1.03 bits per heavy atom.